The minimum Gasteiger partial charge on any atom is -0.394 e. The predicted molar refractivity (Wildman–Crippen MR) is 62.0 cm³/mol. The number of aliphatic hydroxyl groups excluding tert-OH is 2. The minimum absolute atomic E-state index is 0.181. The average molecular weight is 274 g/mol. The van der Waals surface area contributed by atoms with Gasteiger partial charge >= 0.3 is 6.03 Å². The third-order valence-electron chi connectivity index (χ3n) is 3.48. The van der Waals surface area contributed by atoms with E-state index in [4.69, 9.17) is 14.6 Å². The zero-order valence-corrected chi connectivity index (χ0v) is 10.8. The van der Waals surface area contributed by atoms with Crippen molar-refractivity contribution in [3.8, 4) is 0 Å². The van der Waals surface area contributed by atoms with E-state index >= 15 is 0 Å². The Balaban J connectivity index is 2.16. The van der Waals surface area contributed by atoms with Gasteiger partial charge in [-0.15, -0.1) is 0 Å². The lowest BCUT2D eigenvalue weighted by Gasteiger charge is -2.36. The van der Waals surface area contributed by atoms with E-state index in [1.165, 1.54) is 12.0 Å². The van der Waals surface area contributed by atoms with Crippen LogP contribution in [0.5, 0.6) is 0 Å². The first-order chi connectivity index (χ1) is 8.99. The number of methoxy groups -OCH3 is 1. The number of carbonyl (C=O) groups is 2. The Morgan fingerprint density at radius 3 is 2.79 bits per heavy atom. The van der Waals surface area contributed by atoms with Gasteiger partial charge in [0, 0.05) is 13.7 Å². The summed E-state index contributed by atoms with van der Waals surface area (Å²) >= 11 is 0. The third-order valence-corrected chi connectivity index (χ3v) is 3.48. The standard InChI is InChI=1S/C11H18N2O6/c1-5-3-13(11(17)12-9(5)16)10-8(18-2)7(15)6(4-14)19-10/h5-8,10,14-15H,3-4H2,1-2H3,(H,12,16,17)/t5?,6-,7-,8-,10-/m1/s1. The predicted octanol–water partition coefficient (Wildman–Crippen LogP) is -1.73. The highest BCUT2D eigenvalue weighted by molar-refractivity contribution is 5.97. The van der Waals surface area contributed by atoms with Crippen LogP contribution in [-0.4, -0.2) is 71.9 Å². The molecule has 3 N–H and O–H groups in total. The van der Waals surface area contributed by atoms with E-state index in [9.17, 15) is 14.7 Å². The first kappa shape index (κ1) is 14.2. The molecule has 0 aromatic heterocycles. The Labute approximate surface area is 110 Å². The number of imide groups is 1. The Morgan fingerprint density at radius 2 is 2.21 bits per heavy atom. The van der Waals surface area contributed by atoms with Crippen LogP contribution in [0.1, 0.15) is 6.92 Å². The molecular weight excluding hydrogens is 256 g/mol. The van der Waals surface area contributed by atoms with Crippen LogP contribution in [0.15, 0.2) is 0 Å². The Bertz CT molecular complexity index is 376. The maximum absolute atomic E-state index is 11.8. The highest BCUT2D eigenvalue weighted by Crippen LogP contribution is 2.27. The number of carbonyl (C=O) groups excluding carboxylic acids is 2. The summed E-state index contributed by atoms with van der Waals surface area (Å²) in [5.74, 6) is -0.711. The molecule has 0 aromatic carbocycles. The molecule has 2 fully saturated rings. The number of urea groups is 1. The number of aliphatic hydroxyl groups is 2. The second-order valence-electron chi connectivity index (χ2n) is 4.79. The largest absolute Gasteiger partial charge is 0.394 e. The molecule has 3 amide bonds. The smallest absolute Gasteiger partial charge is 0.326 e. The first-order valence-electron chi connectivity index (χ1n) is 6.08. The molecule has 8 heteroatoms. The Morgan fingerprint density at radius 1 is 1.53 bits per heavy atom. The van der Waals surface area contributed by atoms with Crippen molar-refractivity contribution in [1.82, 2.24) is 10.2 Å². The fourth-order valence-corrected chi connectivity index (χ4v) is 2.36. The number of hydrogen-bond acceptors (Lipinski definition) is 6. The maximum Gasteiger partial charge on any atom is 0.326 e. The van der Waals surface area contributed by atoms with E-state index in [1.807, 2.05) is 0 Å². The molecule has 2 saturated heterocycles. The average Bonchev–Trinajstić information content (AvgIpc) is 2.70. The highest BCUT2D eigenvalue weighted by Gasteiger charge is 2.49. The lowest BCUT2D eigenvalue weighted by molar-refractivity contribution is -0.131. The van der Waals surface area contributed by atoms with Crippen LogP contribution in [0.4, 0.5) is 4.79 Å². The zero-order valence-electron chi connectivity index (χ0n) is 10.8. The van der Waals surface area contributed by atoms with Gasteiger partial charge in [-0.1, -0.05) is 6.92 Å². The topological polar surface area (TPSA) is 108 Å². The molecule has 8 nitrogen and oxygen atoms in total. The second-order valence-corrected chi connectivity index (χ2v) is 4.79. The van der Waals surface area contributed by atoms with Crippen molar-refractivity contribution in [2.24, 2.45) is 5.92 Å². The maximum atomic E-state index is 11.8. The van der Waals surface area contributed by atoms with Gasteiger partial charge < -0.3 is 19.7 Å². The van der Waals surface area contributed by atoms with Crippen molar-refractivity contribution < 1.29 is 29.3 Å². The van der Waals surface area contributed by atoms with Gasteiger partial charge in [-0.3, -0.25) is 15.0 Å². The fourth-order valence-electron chi connectivity index (χ4n) is 2.36. The van der Waals surface area contributed by atoms with Crippen LogP contribution < -0.4 is 5.32 Å². The van der Waals surface area contributed by atoms with Crippen LogP contribution in [0.25, 0.3) is 0 Å². The number of nitrogens with zero attached hydrogens (tertiary/aromatic N) is 1. The molecule has 5 atom stereocenters. The monoisotopic (exact) mass is 274 g/mol. The second kappa shape index (κ2) is 5.41. The lowest BCUT2D eigenvalue weighted by atomic mass is 10.1. The quantitative estimate of drug-likeness (QED) is 0.564. The summed E-state index contributed by atoms with van der Waals surface area (Å²) in [5, 5.41) is 21.2. The molecule has 0 aromatic rings. The fraction of sp³-hybridized carbons (Fsp3) is 0.818. The molecule has 2 aliphatic rings. The van der Waals surface area contributed by atoms with E-state index in [-0.39, 0.29) is 25.0 Å². The molecule has 0 bridgehead atoms. The van der Waals surface area contributed by atoms with Crippen LogP contribution in [0, 0.1) is 5.92 Å². The van der Waals surface area contributed by atoms with Crippen molar-refractivity contribution in [2.75, 3.05) is 20.3 Å². The van der Waals surface area contributed by atoms with Gasteiger partial charge in [0.15, 0.2) is 6.23 Å². The van der Waals surface area contributed by atoms with Gasteiger partial charge in [0.2, 0.25) is 5.91 Å². The summed E-state index contributed by atoms with van der Waals surface area (Å²) in [5.41, 5.74) is 0. The third kappa shape index (κ3) is 2.44. The van der Waals surface area contributed by atoms with Gasteiger partial charge in [0.1, 0.15) is 18.3 Å². The molecule has 2 heterocycles. The lowest BCUT2D eigenvalue weighted by Crippen LogP contribution is -2.59. The highest BCUT2D eigenvalue weighted by atomic mass is 16.6. The van der Waals surface area contributed by atoms with Crippen LogP contribution in [0.2, 0.25) is 0 Å². The molecule has 1 unspecified atom stereocenters. The van der Waals surface area contributed by atoms with Crippen molar-refractivity contribution in [3.05, 3.63) is 0 Å². The van der Waals surface area contributed by atoms with E-state index in [1.54, 1.807) is 6.92 Å². The van der Waals surface area contributed by atoms with E-state index in [0.29, 0.717) is 0 Å². The summed E-state index contributed by atoms with van der Waals surface area (Å²) in [4.78, 5) is 24.5. The Kier molecular flexibility index (Phi) is 4.04. The molecule has 0 spiro atoms. The van der Waals surface area contributed by atoms with Crippen LogP contribution in [-0.2, 0) is 14.3 Å². The van der Waals surface area contributed by atoms with Gasteiger partial charge in [0.25, 0.3) is 0 Å². The summed E-state index contributed by atoms with van der Waals surface area (Å²) in [6.45, 7) is 1.49. The normalized spacial score (nSPS) is 39.6. The van der Waals surface area contributed by atoms with Gasteiger partial charge in [-0.25, -0.2) is 4.79 Å². The summed E-state index contributed by atoms with van der Waals surface area (Å²) < 4.78 is 10.6. The molecular formula is C11H18N2O6. The van der Waals surface area contributed by atoms with Crippen molar-refractivity contribution >= 4 is 11.9 Å². The SMILES string of the molecule is CO[C@@H]1[C@H](O)[C@@H](CO)O[C@H]1N1CC(C)C(=O)NC1=O. The number of amides is 3. The molecule has 108 valence electrons. The van der Waals surface area contributed by atoms with Gasteiger partial charge in [-0.2, -0.15) is 0 Å². The molecule has 2 aliphatic heterocycles. The Hall–Kier alpha value is -1.22. The molecule has 19 heavy (non-hydrogen) atoms. The minimum atomic E-state index is -1.03. The summed E-state index contributed by atoms with van der Waals surface area (Å²) in [7, 11) is 1.39. The van der Waals surface area contributed by atoms with E-state index in [0.717, 1.165) is 0 Å². The molecule has 2 rings (SSSR count). The van der Waals surface area contributed by atoms with E-state index in [2.05, 4.69) is 5.32 Å². The zero-order chi connectivity index (χ0) is 14.2. The molecule has 0 saturated carbocycles. The van der Waals surface area contributed by atoms with Crippen molar-refractivity contribution in [3.63, 3.8) is 0 Å². The number of ether oxygens (including phenoxy) is 2. The van der Waals surface area contributed by atoms with Crippen molar-refractivity contribution in [1.29, 1.82) is 0 Å². The van der Waals surface area contributed by atoms with Gasteiger partial charge in [0.05, 0.1) is 12.5 Å². The van der Waals surface area contributed by atoms with Crippen LogP contribution in [0.3, 0.4) is 0 Å². The van der Waals surface area contributed by atoms with E-state index < -0.39 is 30.6 Å². The van der Waals surface area contributed by atoms with Gasteiger partial charge in [-0.05, 0) is 0 Å². The number of nitrogens with one attached hydrogen (secondary N) is 1. The number of hydrogen-bond donors (Lipinski definition) is 3. The molecule has 0 aliphatic carbocycles. The first-order valence-corrected chi connectivity index (χ1v) is 6.08. The molecule has 0 radical (unpaired) electrons. The van der Waals surface area contributed by atoms with Crippen molar-refractivity contribution in [2.45, 2.75) is 31.5 Å². The van der Waals surface area contributed by atoms with Crippen LogP contribution >= 0.6 is 0 Å². The number of rotatable bonds is 3. The summed E-state index contributed by atoms with van der Waals surface area (Å²) in [6.07, 6.45) is -3.42. The summed E-state index contributed by atoms with van der Waals surface area (Å²) in [6, 6.07) is -0.582.